The number of aliphatic carboxylic acids is 1. The van der Waals surface area contributed by atoms with Crippen LogP contribution in [-0.2, 0) is 4.79 Å². The number of carboxylic acids is 1. The maximum Gasteiger partial charge on any atom is 0.306 e. The van der Waals surface area contributed by atoms with E-state index in [1.165, 1.54) is 64.2 Å². The first-order chi connectivity index (χ1) is 12.7. The molecule has 0 rings (SSSR count). The van der Waals surface area contributed by atoms with Gasteiger partial charge in [-0.1, -0.05) is 96.3 Å². The molecule has 0 aliphatic rings. The maximum atomic E-state index is 10.7. The monoisotopic (exact) mass is 360 g/mol. The first-order valence-corrected chi connectivity index (χ1v) is 10.9. The molecular formula is C24H40O2. The topological polar surface area (TPSA) is 37.3 Å². The standard InChI is InChI=1S/C24H40O2/c1-3-4-5-6-7-8-9-10-11-12-13-14-15-16-17-18-19-20-21-22-23(2)24(25)26/h23H,3-11,16-22H2,1-2H3,(H,25,26). The molecule has 0 aromatic heterocycles. The van der Waals surface area contributed by atoms with Crippen molar-refractivity contribution in [3.05, 3.63) is 0 Å². The molecule has 26 heavy (non-hydrogen) atoms. The Kier molecular flexibility index (Phi) is 18.8. The largest absolute Gasteiger partial charge is 0.481 e. The van der Waals surface area contributed by atoms with Gasteiger partial charge in [0.15, 0.2) is 0 Å². The molecule has 0 spiro atoms. The highest BCUT2D eigenvalue weighted by atomic mass is 16.4. The van der Waals surface area contributed by atoms with Crippen molar-refractivity contribution in [3.63, 3.8) is 0 Å². The second kappa shape index (κ2) is 19.9. The Bertz CT molecular complexity index is 444. The minimum atomic E-state index is -0.677. The molecule has 0 saturated heterocycles. The molecule has 0 radical (unpaired) electrons. The van der Waals surface area contributed by atoms with Crippen molar-refractivity contribution >= 4 is 5.97 Å². The lowest BCUT2D eigenvalue weighted by molar-refractivity contribution is -0.141. The van der Waals surface area contributed by atoms with E-state index in [2.05, 4.69) is 30.6 Å². The molecule has 0 aliphatic heterocycles. The smallest absolute Gasteiger partial charge is 0.306 e. The molecule has 0 bridgehead atoms. The van der Waals surface area contributed by atoms with Gasteiger partial charge in [0, 0.05) is 12.8 Å². The van der Waals surface area contributed by atoms with E-state index >= 15 is 0 Å². The van der Waals surface area contributed by atoms with Crippen molar-refractivity contribution in [2.24, 2.45) is 5.92 Å². The van der Waals surface area contributed by atoms with Crippen LogP contribution in [0.3, 0.4) is 0 Å². The van der Waals surface area contributed by atoms with Gasteiger partial charge in [-0.25, -0.2) is 0 Å². The molecule has 0 aromatic carbocycles. The van der Waals surface area contributed by atoms with Crippen molar-refractivity contribution in [1.82, 2.24) is 0 Å². The average molecular weight is 361 g/mol. The predicted octanol–water partition coefficient (Wildman–Crippen LogP) is 6.98. The van der Waals surface area contributed by atoms with Crippen LogP contribution in [-0.4, -0.2) is 11.1 Å². The fraction of sp³-hybridized carbons (Fsp3) is 0.792. The lowest BCUT2D eigenvalue weighted by atomic mass is 10.0. The van der Waals surface area contributed by atoms with Crippen molar-refractivity contribution in [2.45, 2.75) is 117 Å². The third-order valence-corrected chi connectivity index (χ3v) is 4.76. The van der Waals surface area contributed by atoms with Crippen molar-refractivity contribution < 1.29 is 9.90 Å². The maximum absolute atomic E-state index is 10.7. The van der Waals surface area contributed by atoms with Crippen LogP contribution in [0, 0.1) is 29.6 Å². The SMILES string of the molecule is CCCCCCCCCCC#CC#CCCCCCCCC(C)C(=O)O. The van der Waals surface area contributed by atoms with E-state index in [-0.39, 0.29) is 5.92 Å². The van der Waals surface area contributed by atoms with Gasteiger partial charge in [-0.3, -0.25) is 4.79 Å². The Morgan fingerprint density at radius 2 is 1.15 bits per heavy atom. The summed E-state index contributed by atoms with van der Waals surface area (Å²) in [7, 11) is 0. The number of hydrogen-bond donors (Lipinski definition) is 1. The van der Waals surface area contributed by atoms with E-state index in [1.54, 1.807) is 6.92 Å². The Morgan fingerprint density at radius 3 is 1.62 bits per heavy atom. The fourth-order valence-corrected chi connectivity index (χ4v) is 2.88. The molecule has 0 aliphatic carbocycles. The highest BCUT2D eigenvalue weighted by Crippen LogP contribution is 2.12. The average Bonchev–Trinajstić information content (AvgIpc) is 2.63. The Morgan fingerprint density at radius 1 is 0.731 bits per heavy atom. The first kappa shape index (κ1) is 24.6. The summed E-state index contributed by atoms with van der Waals surface area (Å²) in [6.45, 7) is 4.04. The van der Waals surface area contributed by atoms with Gasteiger partial charge in [0.2, 0.25) is 0 Å². The zero-order valence-corrected chi connectivity index (χ0v) is 17.2. The van der Waals surface area contributed by atoms with Crippen LogP contribution in [0.1, 0.15) is 117 Å². The van der Waals surface area contributed by atoms with Crippen LogP contribution in [0.25, 0.3) is 0 Å². The zero-order chi connectivity index (χ0) is 19.3. The van der Waals surface area contributed by atoms with Gasteiger partial charge in [-0.2, -0.15) is 0 Å². The second-order valence-electron chi connectivity index (χ2n) is 7.37. The zero-order valence-electron chi connectivity index (χ0n) is 17.2. The molecule has 148 valence electrons. The highest BCUT2D eigenvalue weighted by molar-refractivity contribution is 5.69. The number of carbonyl (C=O) groups is 1. The lowest BCUT2D eigenvalue weighted by Gasteiger charge is -2.04. The molecule has 2 nitrogen and oxygen atoms in total. The van der Waals surface area contributed by atoms with Crippen LogP contribution >= 0.6 is 0 Å². The minimum Gasteiger partial charge on any atom is -0.481 e. The molecule has 0 heterocycles. The van der Waals surface area contributed by atoms with Gasteiger partial charge < -0.3 is 5.11 Å². The van der Waals surface area contributed by atoms with Gasteiger partial charge in [-0.05, 0) is 31.1 Å². The third kappa shape index (κ3) is 18.9. The molecule has 0 aromatic rings. The normalized spacial score (nSPS) is 11.2. The summed E-state index contributed by atoms with van der Waals surface area (Å²) in [6, 6.07) is 0. The van der Waals surface area contributed by atoms with Gasteiger partial charge in [0.25, 0.3) is 0 Å². The summed E-state index contributed by atoms with van der Waals surface area (Å²) in [4.78, 5) is 10.7. The summed E-state index contributed by atoms with van der Waals surface area (Å²) in [5.41, 5.74) is 0. The molecule has 0 amide bonds. The molecule has 2 heteroatoms. The van der Waals surface area contributed by atoms with Gasteiger partial charge >= 0.3 is 5.97 Å². The summed E-state index contributed by atoms with van der Waals surface area (Å²) in [5, 5.41) is 8.81. The summed E-state index contributed by atoms with van der Waals surface area (Å²) >= 11 is 0. The molecule has 0 fully saturated rings. The third-order valence-electron chi connectivity index (χ3n) is 4.76. The summed E-state index contributed by atoms with van der Waals surface area (Å²) in [5.74, 6) is 11.4. The van der Waals surface area contributed by atoms with E-state index in [1.807, 2.05) is 0 Å². The fourth-order valence-electron chi connectivity index (χ4n) is 2.88. The molecular weight excluding hydrogens is 320 g/mol. The minimum absolute atomic E-state index is 0.203. The van der Waals surface area contributed by atoms with Crippen LogP contribution in [0.5, 0.6) is 0 Å². The number of rotatable bonds is 16. The number of hydrogen-bond acceptors (Lipinski definition) is 1. The molecule has 0 saturated carbocycles. The van der Waals surface area contributed by atoms with Crippen LogP contribution < -0.4 is 0 Å². The predicted molar refractivity (Wildman–Crippen MR) is 112 cm³/mol. The van der Waals surface area contributed by atoms with E-state index in [9.17, 15) is 4.79 Å². The molecule has 1 atom stereocenters. The van der Waals surface area contributed by atoms with E-state index in [0.29, 0.717) is 0 Å². The quantitative estimate of drug-likeness (QED) is 0.238. The Balaban J connectivity index is 3.32. The van der Waals surface area contributed by atoms with Crippen molar-refractivity contribution in [2.75, 3.05) is 0 Å². The van der Waals surface area contributed by atoms with Gasteiger partial charge in [0.05, 0.1) is 5.92 Å². The van der Waals surface area contributed by atoms with Crippen molar-refractivity contribution in [3.8, 4) is 23.7 Å². The number of carboxylic acid groups (broad SMARTS) is 1. The van der Waals surface area contributed by atoms with E-state index in [0.717, 1.165) is 38.5 Å². The lowest BCUT2D eigenvalue weighted by Crippen LogP contribution is -2.08. The first-order valence-electron chi connectivity index (χ1n) is 10.9. The van der Waals surface area contributed by atoms with E-state index < -0.39 is 5.97 Å². The van der Waals surface area contributed by atoms with Crippen LogP contribution in [0.15, 0.2) is 0 Å². The van der Waals surface area contributed by atoms with Crippen LogP contribution in [0.4, 0.5) is 0 Å². The number of unbranched alkanes of at least 4 members (excludes halogenated alkanes) is 13. The molecule has 1 N–H and O–H groups in total. The Labute approximate surface area is 162 Å². The van der Waals surface area contributed by atoms with Crippen molar-refractivity contribution in [1.29, 1.82) is 0 Å². The van der Waals surface area contributed by atoms with E-state index in [4.69, 9.17) is 5.11 Å². The Hall–Kier alpha value is -1.41. The summed E-state index contributed by atoms with van der Waals surface area (Å²) < 4.78 is 0. The van der Waals surface area contributed by atoms with Crippen LogP contribution in [0.2, 0.25) is 0 Å². The summed E-state index contributed by atoms with van der Waals surface area (Å²) in [6.07, 6.45) is 19.1. The van der Waals surface area contributed by atoms with Gasteiger partial charge in [-0.15, -0.1) is 0 Å². The second-order valence-corrected chi connectivity index (χ2v) is 7.37. The van der Waals surface area contributed by atoms with Gasteiger partial charge in [0.1, 0.15) is 0 Å². The highest BCUT2D eigenvalue weighted by Gasteiger charge is 2.09. The molecule has 1 unspecified atom stereocenters.